The number of nitrogens with one attached hydrogen (secondary N) is 1. The normalized spacial score (nSPS) is 26.6. The fraction of sp³-hybridized carbons (Fsp3) is 0.412. The maximum Gasteiger partial charge on any atom is 0.297 e. The third-order valence-corrected chi connectivity index (χ3v) is 4.62. The zero-order valence-electron chi connectivity index (χ0n) is 15.2. The van der Waals surface area contributed by atoms with Crippen LogP contribution < -0.4 is 11.1 Å². The van der Waals surface area contributed by atoms with E-state index in [-0.39, 0.29) is 17.4 Å². The number of anilines is 1. The van der Waals surface area contributed by atoms with E-state index in [2.05, 4.69) is 25.0 Å². The number of nitrogens with two attached hydrogens (primary N) is 1. The summed E-state index contributed by atoms with van der Waals surface area (Å²) in [6.45, 7) is 3.33. The number of halogens is 4. The highest BCUT2D eigenvalue weighted by Crippen LogP contribution is 2.50. The van der Waals surface area contributed by atoms with Crippen molar-refractivity contribution in [3.05, 3.63) is 41.3 Å². The van der Waals surface area contributed by atoms with E-state index < -0.39 is 46.7 Å². The van der Waals surface area contributed by atoms with E-state index in [4.69, 9.17) is 5.73 Å². The van der Waals surface area contributed by atoms with Crippen molar-refractivity contribution in [3.8, 4) is 0 Å². The minimum atomic E-state index is -3.74. The summed E-state index contributed by atoms with van der Waals surface area (Å²) >= 11 is 0. The quantitative estimate of drug-likeness (QED) is 0.772. The molecule has 2 heterocycles. The van der Waals surface area contributed by atoms with E-state index in [9.17, 15) is 22.4 Å². The lowest BCUT2D eigenvalue weighted by molar-refractivity contribution is -0.106. The minimum Gasteiger partial charge on any atom is -0.385 e. The van der Waals surface area contributed by atoms with Crippen LogP contribution >= 0.6 is 0 Å². The number of nitrogens with zero attached hydrogens (tertiary/aromatic N) is 3. The van der Waals surface area contributed by atoms with Gasteiger partial charge in [0.1, 0.15) is 11.7 Å². The van der Waals surface area contributed by atoms with E-state index in [0.717, 1.165) is 26.0 Å². The van der Waals surface area contributed by atoms with Gasteiger partial charge in [-0.2, -0.15) is 4.98 Å². The van der Waals surface area contributed by atoms with Gasteiger partial charge in [0.15, 0.2) is 11.2 Å². The molecular formula is C17H17F4N5O2. The van der Waals surface area contributed by atoms with Gasteiger partial charge >= 0.3 is 0 Å². The average Bonchev–Trinajstić information content (AvgIpc) is 3.01. The Kier molecular flexibility index (Phi) is 4.43. The van der Waals surface area contributed by atoms with E-state index in [0.29, 0.717) is 0 Å². The lowest BCUT2D eigenvalue weighted by atomic mass is 9.77. The standard InChI is InChI=1S/C17H17F4N5O2/c1-8-23-12(26-28-8)13(27)24-9-4-5-11(18)10(6-9)16(3)17(20,21)7-15(2,19)14(22)25-16/h4-6H,7H2,1-3H3,(H2,22,25)(H,24,27). The minimum absolute atomic E-state index is 0.0109. The van der Waals surface area contributed by atoms with Crippen molar-refractivity contribution < 1.29 is 26.9 Å². The van der Waals surface area contributed by atoms with Crippen LogP contribution in [0, 0.1) is 12.7 Å². The number of carbonyl (C=O) groups is 1. The van der Waals surface area contributed by atoms with E-state index >= 15 is 0 Å². The summed E-state index contributed by atoms with van der Waals surface area (Å²) in [6.07, 6.45) is -1.26. The number of alkyl halides is 3. The monoisotopic (exact) mass is 399 g/mol. The van der Waals surface area contributed by atoms with Crippen LogP contribution in [0.4, 0.5) is 23.2 Å². The largest absolute Gasteiger partial charge is 0.385 e. The van der Waals surface area contributed by atoms with Crippen LogP contribution in [0.3, 0.4) is 0 Å². The van der Waals surface area contributed by atoms with Gasteiger partial charge in [0.05, 0.1) is 6.42 Å². The van der Waals surface area contributed by atoms with E-state index in [1.807, 2.05) is 0 Å². The Morgan fingerprint density at radius 1 is 1.29 bits per heavy atom. The average molecular weight is 399 g/mol. The predicted octanol–water partition coefficient (Wildman–Crippen LogP) is 3.11. The summed E-state index contributed by atoms with van der Waals surface area (Å²) in [5.74, 6) is -6.32. The lowest BCUT2D eigenvalue weighted by Crippen LogP contribution is -2.56. The highest BCUT2D eigenvalue weighted by atomic mass is 19.3. The van der Waals surface area contributed by atoms with E-state index in [1.54, 1.807) is 0 Å². The SMILES string of the molecule is Cc1nc(C(=O)Nc2ccc(F)c(C3(C)N=C(N)C(C)(F)CC3(F)F)c2)no1. The second kappa shape index (κ2) is 6.28. The fourth-order valence-electron chi connectivity index (χ4n) is 2.93. The number of aromatic nitrogens is 2. The molecule has 0 saturated carbocycles. The number of rotatable bonds is 3. The van der Waals surface area contributed by atoms with E-state index in [1.165, 1.54) is 13.0 Å². The maximum absolute atomic E-state index is 14.8. The second-order valence-electron chi connectivity index (χ2n) is 6.93. The molecule has 1 aromatic heterocycles. The van der Waals surface area contributed by atoms with Crippen LogP contribution in [-0.4, -0.2) is 33.5 Å². The molecule has 28 heavy (non-hydrogen) atoms. The van der Waals surface area contributed by atoms with Crippen LogP contribution in [0.5, 0.6) is 0 Å². The van der Waals surface area contributed by atoms with Crippen molar-refractivity contribution in [1.29, 1.82) is 0 Å². The Morgan fingerprint density at radius 2 is 1.96 bits per heavy atom. The molecule has 0 radical (unpaired) electrons. The molecule has 11 heteroatoms. The van der Waals surface area contributed by atoms with Gasteiger partial charge in [0, 0.05) is 18.2 Å². The predicted molar refractivity (Wildman–Crippen MR) is 91.4 cm³/mol. The van der Waals surface area contributed by atoms with Crippen LogP contribution in [-0.2, 0) is 5.54 Å². The summed E-state index contributed by atoms with van der Waals surface area (Å²) in [6, 6.07) is 3.05. The molecule has 3 rings (SSSR count). The van der Waals surface area contributed by atoms with Gasteiger partial charge in [-0.3, -0.25) is 9.79 Å². The van der Waals surface area contributed by atoms with Crippen molar-refractivity contribution in [3.63, 3.8) is 0 Å². The highest BCUT2D eigenvalue weighted by molar-refractivity contribution is 6.01. The third-order valence-electron chi connectivity index (χ3n) is 4.62. The van der Waals surface area contributed by atoms with Crippen molar-refractivity contribution in [2.24, 2.45) is 10.7 Å². The Morgan fingerprint density at radius 3 is 2.57 bits per heavy atom. The first-order valence-corrected chi connectivity index (χ1v) is 8.20. The number of amidine groups is 1. The molecule has 0 saturated heterocycles. The Labute approximate surface area is 157 Å². The van der Waals surface area contributed by atoms with Crippen molar-refractivity contribution in [2.45, 2.75) is 44.3 Å². The van der Waals surface area contributed by atoms with Gasteiger partial charge in [-0.05, 0) is 32.0 Å². The molecule has 0 fully saturated rings. The Balaban J connectivity index is 2.01. The summed E-state index contributed by atoms with van der Waals surface area (Å²) in [7, 11) is 0. The molecule has 2 atom stereocenters. The molecule has 150 valence electrons. The number of hydrogen-bond donors (Lipinski definition) is 2. The smallest absolute Gasteiger partial charge is 0.297 e. The zero-order valence-corrected chi connectivity index (χ0v) is 15.2. The second-order valence-corrected chi connectivity index (χ2v) is 6.93. The number of aliphatic imine (C=N–C) groups is 1. The summed E-state index contributed by atoms with van der Waals surface area (Å²) < 4.78 is 62.9. The number of aryl methyl sites for hydroxylation is 1. The number of benzene rings is 1. The summed E-state index contributed by atoms with van der Waals surface area (Å²) in [5.41, 5.74) is -0.0262. The molecule has 1 aliphatic heterocycles. The van der Waals surface area contributed by atoms with Crippen molar-refractivity contribution in [1.82, 2.24) is 10.1 Å². The third kappa shape index (κ3) is 3.20. The fourth-order valence-corrected chi connectivity index (χ4v) is 2.93. The van der Waals surface area contributed by atoms with Crippen LogP contribution in [0.25, 0.3) is 0 Å². The lowest BCUT2D eigenvalue weighted by Gasteiger charge is -2.42. The van der Waals surface area contributed by atoms with Gasteiger partial charge < -0.3 is 15.6 Å². The number of hydrogen-bond acceptors (Lipinski definition) is 6. The highest BCUT2D eigenvalue weighted by Gasteiger charge is 2.60. The first-order valence-electron chi connectivity index (χ1n) is 8.20. The molecule has 0 spiro atoms. The van der Waals surface area contributed by atoms with Crippen LogP contribution in [0.2, 0.25) is 0 Å². The first kappa shape index (κ1) is 19.8. The Hall–Kier alpha value is -2.98. The van der Waals surface area contributed by atoms with Crippen LogP contribution in [0.15, 0.2) is 27.7 Å². The number of amides is 1. The molecule has 2 unspecified atom stereocenters. The van der Waals surface area contributed by atoms with Crippen molar-refractivity contribution >= 4 is 17.4 Å². The molecule has 7 nitrogen and oxygen atoms in total. The van der Waals surface area contributed by atoms with Gasteiger partial charge in [-0.1, -0.05) is 5.16 Å². The molecule has 1 aliphatic rings. The Bertz CT molecular complexity index is 972. The van der Waals surface area contributed by atoms with Gasteiger partial charge in [0.25, 0.3) is 17.7 Å². The number of carbonyl (C=O) groups excluding carboxylic acids is 1. The molecular weight excluding hydrogens is 382 g/mol. The van der Waals surface area contributed by atoms with Gasteiger partial charge in [0.2, 0.25) is 5.89 Å². The maximum atomic E-state index is 14.8. The van der Waals surface area contributed by atoms with Gasteiger partial charge in [-0.25, -0.2) is 17.6 Å². The molecule has 1 aromatic carbocycles. The molecule has 2 aromatic rings. The molecule has 1 amide bonds. The van der Waals surface area contributed by atoms with Crippen molar-refractivity contribution in [2.75, 3.05) is 5.32 Å². The van der Waals surface area contributed by atoms with Crippen LogP contribution in [0.1, 0.15) is 42.3 Å². The topological polar surface area (TPSA) is 106 Å². The molecule has 3 N–H and O–H groups in total. The summed E-state index contributed by atoms with van der Waals surface area (Å²) in [5, 5.41) is 5.79. The zero-order chi connectivity index (χ0) is 20.9. The summed E-state index contributed by atoms with van der Waals surface area (Å²) in [4.78, 5) is 19.5. The van der Waals surface area contributed by atoms with Gasteiger partial charge in [-0.15, -0.1) is 0 Å². The molecule has 0 bridgehead atoms. The molecule has 0 aliphatic carbocycles. The first-order chi connectivity index (χ1) is 12.9.